The summed E-state index contributed by atoms with van der Waals surface area (Å²) < 4.78 is 0. The molecule has 0 aliphatic carbocycles. The van der Waals surface area contributed by atoms with Gasteiger partial charge in [0.25, 0.3) is 0 Å². The molecule has 0 spiro atoms. The van der Waals surface area contributed by atoms with E-state index in [0.29, 0.717) is 11.7 Å². The highest BCUT2D eigenvalue weighted by molar-refractivity contribution is 5.96. The Hall–Kier alpha value is -1.36. The minimum Gasteiger partial charge on any atom is -0.318 e. The van der Waals surface area contributed by atoms with Gasteiger partial charge >= 0.3 is 0 Å². The molecule has 15 heavy (non-hydrogen) atoms. The summed E-state index contributed by atoms with van der Waals surface area (Å²) >= 11 is 0. The minimum atomic E-state index is -0.892. The van der Waals surface area contributed by atoms with Crippen LogP contribution in [0.15, 0.2) is 6.07 Å². The average Bonchev–Trinajstić information content (AvgIpc) is 2.50. The normalized spacial score (nSPS) is 11.9. The lowest BCUT2D eigenvalue weighted by Crippen LogP contribution is -2.45. The second kappa shape index (κ2) is 4.02. The molecule has 1 aromatic rings. The van der Waals surface area contributed by atoms with Crippen LogP contribution in [0, 0.1) is 0 Å². The van der Waals surface area contributed by atoms with E-state index < -0.39 is 5.54 Å². The Morgan fingerprint density at radius 3 is 2.60 bits per heavy atom. The number of aromatic nitrogens is 2. The molecule has 0 atom stereocenters. The molecule has 1 rings (SSSR count). The maximum atomic E-state index is 11.5. The number of nitrogens with two attached hydrogens (primary N) is 1. The van der Waals surface area contributed by atoms with Crippen LogP contribution in [0.2, 0.25) is 0 Å². The molecule has 0 aliphatic rings. The number of nitrogens with zero attached hydrogens (tertiary/aromatic N) is 1. The number of amides is 1. The number of carbonyl (C=O) groups is 1. The molecule has 5 heteroatoms. The standard InChI is InChI=1S/C10H18N4O/c1-6(2)7-5-8(14-13-7)12-9(15)10(3,4)11/h5-6H,11H2,1-4H3,(H2,12,13,14,15). The van der Waals surface area contributed by atoms with Crippen LogP contribution < -0.4 is 11.1 Å². The summed E-state index contributed by atoms with van der Waals surface area (Å²) in [6.07, 6.45) is 0. The Bertz CT molecular complexity index is 349. The monoisotopic (exact) mass is 210 g/mol. The van der Waals surface area contributed by atoms with Gasteiger partial charge in [-0.1, -0.05) is 13.8 Å². The highest BCUT2D eigenvalue weighted by Crippen LogP contribution is 2.15. The number of hydrogen-bond donors (Lipinski definition) is 3. The lowest BCUT2D eigenvalue weighted by atomic mass is 10.1. The molecule has 1 aromatic heterocycles. The van der Waals surface area contributed by atoms with Crippen LogP contribution in [0.3, 0.4) is 0 Å². The van der Waals surface area contributed by atoms with Crippen LogP contribution >= 0.6 is 0 Å². The number of anilines is 1. The molecule has 0 aromatic carbocycles. The Morgan fingerprint density at radius 1 is 1.60 bits per heavy atom. The van der Waals surface area contributed by atoms with Crippen molar-refractivity contribution in [3.63, 3.8) is 0 Å². The third-order valence-corrected chi connectivity index (χ3v) is 2.05. The number of aromatic amines is 1. The Balaban J connectivity index is 2.70. The van der Waals surface area contributed by atoms with Gasteiger partial charge < -0.3 is 11.1 Å². The second-order valence-corrected chi connectivity index (χ2v) is 4.54. The first kappa shape index (κ1) is 11.7. The molecule has 1 heterocycles. The number of nitrogens with one attached hydrogen (secondary N) is 2. The molecule has 0 unspecified atom stereocenters. The van der Waals surface area contributed by atoms with Gasteiger partial charge in [-0.2, -0.15) is 5.10 Å². The van der Waals surface area contributed by atoms with Gasteiger partial charge in [0.2, 0.25) is 5.91 Å². The number of rotatable bonds is 3. The predicted octanol–water partition coefficient (Wildman–Crippen LogP) is 1.21. The molecule has 0 saturated heterocycles. The number of H-pyrrole nitrogens is 1. The molecule has 0 radical (unpaired) electrons. The quantitative estimate of drug-likeness (QED) is 0.701. The largest absolute Gasteiger partial charge is 0.318 e. The van der Waals surface area contributed by atoms with Crippen molar-refractivity contribution in [2.24, 2.45) is 5.73 Å². The van der Waals surface area contributed by atoms with Crippen molar-refractivity contribution < 1.29 is 4.79 Å². The lowest BCUT2D eigenvalue weighted by Gasteiger charge is -2.16. The van der Waals surface area contributed by atoms with E-state index in [1.807, 2.05) is 19.9 Å². The van der Waals surface area contributed by atoms with E-state index in [1.54, 1.807) is 13.8 Å². The van der Waals surface area contributed by atoms with Crippen molar-refractivity contribution in [3.8, 4) is 0 Å². The third kappa shape index (κ3) is 3.06. The summed E-state index contributed by atoms with van der Waals surface area (Å²) in [5, 5.41) is 9.49. The van der Waals surface area contributed by atoms with Gasteiger partial charge in [-0.3, -0.25) is 9.89 Å². The van der Waals surface area contributed by atoms with Crippen molar-refractivity contribution >= 4 is 11.7 Å². The highest BCUT2D eigenvalue weighted by Gasteiger charge is 2.22. The molecule has 84 valence electrons. The maximum Gasteiger partial charge on any atom is 0.245 e. The van der Waals surface area contributed by atoms with Crippen molar-refractivity contribution in [2.75, 3.05) is 5.32 Å². The molecule has 0 bridgehead atoms. The van der Waals surface area contributed by atoms with Crippen molar-refractivity contribution in [1.82, 2.24) is 10.2 Å². The summed E-state index contributed by atoms with van der Waals surface area (Å²) in [6.45, 7) is 7.40. The van der Waals surface area contributed by atoms with E-state index in [9.17, 15) is 4.79 Å². The van der Waals surface area contributed by atoms with E-state index in [2.05, 4.69) is 15.5 Å². The molecular weight excluding hydrogens is 192 g/mol. The van der Waals surface area contributed by atoms with Gasteiger partial charge in [-0.25, -0.2) is 0 Å². The van der Waals surface area contributed by atoms with Gasteiger partial charge in [-0.05, 0) is 19.8 Å². The fourth-order valence-corrected chi connectivity index (χ4v) is 0.974. The average molecular weight is 210 g/mol. The van der Waals surface area contributed by atoms with Crippen molar-refractivity contribution in [1.29, 1.82) is 0 Å². The zero-order valence-electron chi connectivity index (χ0n) is 9.59. The Morgan fingerprint density at radius 2 is 2.20 bits per heavy atom. The molecule has 4 N–H and O–H groups in total. The molecule has 0 saturated carbocycles. The fraction of sp³-hybridized carbons (Fsp3) is 0.600. The van der Waals surface area contributed by atoms with Gasteiger partial charge in [0.1, 0.15) is 0 Å². The number of hydrogen-bond acceptors (Lipinski definition) is 3. The smallest absolute Gasteiger partial charge is 0.245 e. The van der Waals surface area contributed by atoms with Gasteiger partial charge in [-0.15, -0.1) is 0 Å². The van der Waals surface area contributed by atoms with Gasteiger partial charge in [0.15, 0.2) is 5.82 Å². The first-order chi connectivity index (χ1) is 6.80. The van der Waals surface area contributed by atoms with E-state index in [1.165, 1.54) is 0 Å². The first-order valence-electron chi connectivity index (χ1n) is 4.96. The second-order valence-electron chi connectivity index (χ2n) is 4.54. The molecule has 1 amide bonds. The van der Waals surface area contributed by atoms with E-state index in [4.69, 9.17) is 5.73 Å². The fourth-order valence-electron chi connectivity index (χ4n) is 0.974. The van der Waals surface area contributed by atoms with Gasteiger partial charge in [0, 0.05) is 11.8 Å². The predicted molar refractivity (Wildman–Crippen MR) is 59.6 cm³/mol. The molecular formula is C10H18N4O. The summed E-state index contributed by atoms with van der Waals surface area (Å²) in [5.74, 6) is 0.626. The Kier molecular flexibility index (Phi) is 3.14. The summed E-state index contributed by atoms with van der Waals surface area (Å²) in [7, 11) is 0. The summed E-state index contributed by atoms with van der Waals surface area (Å²) in [5.41, 5.74) is 5.74. The zero-order chi connectivity index (χ0) is 11.6. The molecule has 0 fully saturated rings. The van der Waals surface area contributed by atoms with Gasteiger partial charge in [0.05, 0.1) is 5.54 Å². The lowest BCUT2D eigenvalue weighted by molar-refractivity contribution is -0.120. The van der Waals surface area contributed by atoms with E-state index in [0.717, 1.165) is 5.69 Å². The third-order valence-electron chi connectivity index (χ3n) is 2.05. The summed E-state index contributed by atoms with van der Waals surface area (Å²) in [4.78, 5) is 11.5. The topological polar surface area (TPSA) is 83.8 Å². The first-order valence-corrected chi connectivity index (χ1v) is 4.96. The van der Waals surface area contributed by atoms with Crippen LogP contribution in [0.25, 0.3) is 0 Å². The number of carbonyl (C=O) groups excluding carboxylic acids is 1. The van der Waals surface area contributed by atoms with Crippen LogP contribution in [0.5, 0.6) is 0 Å². The van der Waals surface area contributed by atoms with E-state index in [-0.39, 0.29) is 5.91 Å². The van der Waals surface area contributed by atoms with Crippen LogP contribution in [-0.4, -0.2) is 21.6 Å². The van der Waals surface area contributed by atoms with Crippen molar-refractivity contribution in [2.45, 2.75) is 39.2 Å². The summed E-state index contributed by atoms with van der Waals surface area (Å²) in [6, 6.07) is 1.81. The highest BCUT2D eigenvalue weighted by atomic mass is 16.2. The van der Waals surface area contributed by atoms with Crippen LogP contribution in [0.4, 0.5) is 5.82 Å². The van der Waals surface area contributed by atoms with Crippen LogP contribution in [-0.2, 0) is 4.79 Å². The van der Waals surface area contributed by atoms with E-state index >= 15 is 0 Å². The Labute approximate surface area is 89.4 Å². The molecule has 0 aliphatic heterocycles. The molecule has 5 nitrogen and oxygen atoms in total. The minimum absolute atomic E-state index is 0.246. The maximum absolute atomic E-state index is 11.5. The van der Waals surface area contributed by atoms with Crippen molar-refractivity contribution in [3.05, 3.63) is 11.8 Å². The SMILES string of the molecule is CC(C)c1cc(NC(=O)C(C)(C)N)n[nH]1. The zero-order valence-corrected chi connectivity index (χ0v) is 9.59. The van der Waals surface area contributed by atoms with Crippen LogP contribution in [0.1, 0.15) is 39.3 Å².